The zero-order chi connectivity index (χ0) is 11.5. The summed E-state index contributed by atoms with van der Waals surface area (Å²) in [7, 11) is 0. The fourth-order valence-corrected chi connectivity index (χ4v) is 1.24. The van der Waals surface area contributed by atoms with Crippen molar-refractivity contribution in [3.05, 3.63) is 29.7 Å². The summed E-state index contributed by atoms with van der Waals surface area (Å²) < 4.78 is 6.19. The Balaban J connectivity index is 2.44. The summed E-state index contributed by atoms with van der Waals surface area (Å²) in [5.41, 5.74) is 1.07. The van der Waals surface area contributed by atoms with Crippen LogP contribution in [0.5, 0.6) is 0 Å². The van der Waals surface area contributed by atoms with Gasteiger partial charge in [-0.1, -0.05) is 0 Å². The van der Waals surface area contributed by atoms with E-state index in [1.165, 1.54) is 23.0 Å². The van der Waals surface area contributed by atoms with Gasteiger partial charge in [0, 0.05) is 12.3 Å². The summed E-state index contributed by atoms with van der Waals surface area (Å²) in [5.74, 6) is -0.494. The van der Waals surface area contributed by atoms with E-state index in [9.17, 15) is 4.79 Å². The van der Waals surface area contributed by atoms with Crippen LogP contribution in [0, 0.1) is 11.3 Å². The average molecular weight is 216 g/mol. The summed E-state index contributed by atoms with van der Waals surface area (Å²) in [6.07, 6.45) is 2.93. The van der Waals surface area contributed by atoms with Gasteiger partial charge in [0.15, 0.2) is 11.3 Å². The van der Waals surface area contributed by atoms with Crippen molar-refractivity contribution in [3.63, 3.8) is 0 Å². The van der Waals surface area contributed by atoms with Crippen LogP contribution in [0.2, 0.25) is 0 Å². The second-order valence-corrected chi connectivity index (χ2v) is 3.01. The van der Waals surface area contributed by atoms with Crippen LogP contribution in [0.1, 0.15) is 23.0 Å². The molecule has 0 saturated heterocycles. The summed E-state index contributed by atoms with van der Waals surface area (Å²) in [6, 6.07) is 3.46. The molecular formula is C10H8N4O2. The second kappa shape index (κ2) is 3.98. The summed E-state index contributed by atoms with van der Waals surface area (Å²) in [5, 5.41) is 12.6. The molecule has 0 saturated carbocycles. The lowest BCUT2D eigenvalue weighted by Crippen LogP contribution is -2.05. The van der Waals surface area contributed by atoms with Gasteiger partial charge in [-0.05, 0) is 6.92 Å². The molecule has 80 valence electrons. The van der Waals surface area contributed by atoms with Crippen molar-refractivity contribution in [1.82, 2.24) is 14.6 Å². The molecular weight excluding hydrogens is 208 g/mol. The Kier molecular flexibility index (Phi) is 2.52. The maximum Gasteiger partial charge on any atom is 0.358 e. The predicted octanol–water partition coefficient (Wildman–Crippen LogP) is 0.778. The van der Waals surface area contributed by atoms with Crippen molar-refractivity contribution in [2.75, 3.05) is 6.61 Å². The van der Waals surface area contributed by atoms with Gasteiger partial charge in [-0.25, -0.2) is 14.3 Å². The highest BCUT2D eigenvalue weighted by Gasteiger charge is 2.12. The van der Waals surface area contributed by atoms with E-state index in [1.54, 1.807) is 6.92 Å². The summed E-state index contributed by atoms with van der Waals surface area (Å²) in [6.45, 7) is 2.02. The van der Waals surface area contributed by atoms with Gasteiger partial charge in [0.25, 0.3) is 0 Å². The van der Waals surface area contributed by atoms with Gasteiger partial charge >= 0.3 is 5.97 Å². The highest BCUT2D eigenvalue weighted by molar-refractivity contribution is 5.88. The quantitative estimate of drug-likeness (QED) is 0.693. The van der Waals surface area contributed by atoms with Gasteiger partial charge in [-0.2, -0.15) is 10.4 Å². The minimum Gasteiger partial charge on any atom is -0.461 e. The van der Waals surface area contributed by atoms with Crippen molar-refractivity contribution >= 4 is 11.6 Å². The molecule has 16 heavy (non-hydrogen) atoms. The van der Waals surface area contributed by atoms with Gasteiger partial charge in [0.2, 0.25) is 0 Å². The largest absolute Gasteiger partial charge is 0.461 e. The van der Waals surface area contributed by atoms with Gasteiger partial charge in [0.05, 0.1) is 18.4 Å². The first kappa shape index (κ1) is 10.1. The van der Waals surface area contributed by atoms with E-state index in [4.69, 9.17) is 10.00 Å². The molecule has 0 aromatic carbocycles. The number of fused-ring (bicyclic) bond motifs is 1. The van der Waals surface area contributed by atoms with Crippen LogP contribution < -0.4 is 0 Å². The molecule has 6 nitrogen and oxygen atoms in total. The molecule has 2 heterocycles. The minimum atomic E-state index is -0.494. The van der Waals surface area contributed by atoms with Gasteiger partial charge in [0.1, 0.15) is 6.07 Å². The van der Waals surface area contributed by atoms with E-state index in [2.05, 4.69) is 10.1 Å². The van der Waals surface area contributed by atoms with E-state index >= 15 is 0 Å². The molecule has 0 bridgehead atoms. The Morgan fingerprint density at radius 1 is 1.69 bits per heavy atom. The maximum absolute atomic E-state index is 11.4. The predicted molar refractivity (Wildman–Crippen MR) is 53.7 cm³/mol. The zero-order valence-electron chi connectivity index (χ0n) is 8.54. The van der Waals surface area contributed by atoms with Gasteiger partial charge in [-0.15, -0.1) is 0 Å². The highest BCUT2D eigenvalue weighted by Crippen LogP contribution is 2.06. The zero-order valence-corrected chi connectivity index (χ0v) is 8.54. The number of aromatic nitrogens is 3. The molecule has 2 rings (SSSR count). The SMILES string of the molecule is CCOC(=O)c1cc2ncc(C#N)cn2n1. The lowest BCUT2D eigenvalue weighted by molar-refractivity contribution is 0.0519. The molecule has 0 atom stereocenters. The minimum absolute atomic E-state index is 0.185. The second-order valence-electron chi connectivity index (χ2n) is 3.01. The first-order valence-corrected chi connectivity index (χ1v) is 4.67. The molecule has 0 amide bonds. The van der Waals surface area contributed by atoms with Crippen LogP contribution in [-0.2, 0) is 4.74 Å². The number of hydrogen-bond donors (Lipinski definition) is 0. The Hall–Kier alpha value is -2.42. The van der Waals surface area contributed by atoms with E-state index in [-0.39, 0.29) is 5.69 Å². The molecule has 2 aromatic heterocycles. The first-order chi connectivity index (χ1) is 7.74. The Bertz CT molecular complexity index is 582. The molecule has 2 aromatic rings. The highest BCUT2D eigenvalue weighted by atomic mass is 16.5. The van der Waals surface area contributed by atoms with Crippen molar-refractivity contribution in [1.29, 1.82) is 5.26 Å². The summed E-state index contributed by atoms with van der Waals surface area (Å²) >= 11 is 0. The Morgan fingerprint density at radius 3 is 3.19 bits per heavy atom. The molecule has 0 unspecified atom stereocenters. The van der Waals surface area contributed by atoms with E-state index in [0.717, 1.165) is 0 Å². The number of hydrogen-bond acceptors (Lipinski definition) is 5. The molecule has 0 aliphatic carbocycles. The van der Waals surface area contributed by atoms with Crippen molar-refractivity contribution in [2.45, 2.75) is 6.92 Å². The number of carbonyl (C=O) groups is 1. The molecule has 0 spiro atoms. The number of nitrogens with zero attached hydrogens (tertiary/aromatic N) is 4. The molecule has 0 aliphatic rings. The van der Waals surface area contributed by atoms with Crippen LogP contribution in [0.15, 0.2) is 18.5 Å². The van der Waals surface area contributed by atoms with Crippen molar-refractivity contribution in [2.24, 2.45) is 0 Å². The number of nitriles is 1. The Morgan fingerprint density at radius 2 is 2.50 bits per heavy atom. The molecule has 0 aliphatic heterocycles. The topological polar surface area (TPSA) is 80.3 Å². The number of ether oxygens (including phenoxy) is 1. The van der Waals surface area contributed by atoms with E-state index < -0.39 is 5.97 Å². The van der Waals surface area contributed by atoms with E-state index in [0.29, 0.717) is 17.8 Å². The van der Waals surface area contributed by atoms with Gasteiger partial charge < -0.3 is 4.74 Å². The van der Waals surface area contributed by atoms with Crippen LogP contribution in [0.4, 0.5) is 0 Å². The smallest absolute Gasteiger partial charge is 0.358 e. The fraction of sp³-hybridized carbons (Fsp3) is 0.200. The maximum atomic E-state index is 11.4. The number of esters is 1. The lowest BCUT2D eigenvalue weighted by Gasteiger charge is -1.95. The third kappa shape index (κ3) is 1.70. The van der Waals surface area contributed by atoms with Crippen molar-refractivity contribution < 1.29 is 9.53 Å². The van der Waals surface area contributed by atoms with Crippen molar-refractivity contribution in [3.8, 4) is 6.07 Å². The Labute approximate surface area is 91.1 Å². The van der Waals surface area contributed by atoms with Gasteiger partial charge in [-0.3, -0.25) is 0 Å². The normalized spacial score (nSPS) is 10.0. The number of carbonyl (C=O) groups excluding carboxylic acids is 1. The monoisotopic (exact) mass is 216 g/mol. The van der Waals surface area contributed by atoms with Crippen LogP contribution >= 0.6 is 0 Å². The first-order valence-electron chi connectivity index (χ1n) is 4.67. The summed E-state index contributed by atoms with van der Waals surface area (Å²) in [4.78, 5) is 15.4. The molecule has 0 radical (unpaired) electrons. The third-order valence-corrected chi connectivity index (χ3v) is 1.93. The lowest BCUT2D eigenvalue weighted by atomic mass is 10.4. The molecule has 0 N–H and O–H groups in total. The standard InChI is InChI=1S/C10H8N4O2/c1-2-16-10(15)8-3-9-12-5-7(4-11)6-14(9)13-8/h3,5-6H,2H2,1H3. The van der Waals surface area contributed by atoms with E-state index in [1.807, 2.05) is 6.07 Å². The number of rotatable bonds is 2. The molecule has 0 fully saturated rings. The average Bonchev–Trinajstić information content (AvgIpc) is 2.71. The van der Waals surface area contributed by atoms with Crippen LogP contribution in [0.25, 0.3) is 5.65 Å². The molecule has 6 heteroatoms. The fourth-order valence-electron chi connectivity index (χ4n) is 1.24. The third-order valence-electron chi connectivity index (χ3n) is 1.93. The van der Waals surface area contributed by atoms with Crippen LogP contribution in [0.3, 0.4) is 0 Å². The van der Waals surface area contributed by atoms with Crippen LogP contribution in [-0.4, -0.2) is 27.2 Å².